The Bertz CT molecular complexity index is 379. The van der Waals surface area contributed by atoms with Gasteiger partial charge >= 0.3 is 0 Å². The monoisotopic (exact) mass is 285 g/mol. The zero-order valence-corrected chi connectivity index (χ0v) is 11.2. The molecule has 16 heavy (non-hydrogen) atoms. The minimum atomic E-state index is 0.490. The molecule has 1 aromatic rings. The smallest absolute Gasteiger partial charge is 0.232 e. The van der Waals surface area contributed by atoms with E-state index in [2.05, 4.69) is 38.1 Å². The van der Waals surface area contributed by atoms with E-state index in [-0.39, 0.29) is 0 Å². The van der Waals surface area contributed by atoms with Crippen molar-refractivity contribution < 1.29 is 4.74 Å². The van der Waals surface area contributed by atoms with Crippen molar-refractivity contribution in [2.45, 2.75) is 26.2 Å². The summed E-state index contributed by atoms with van der Waals surface area (Å²) in [5.41, 5.74) is 0.490. The highest BCUT2D eigenvalue weighted by atomic mass is 79.9. The summed E-state index contributed by atoms with van der Waals surface area (Å²) in [7, 11) is 1.60. The van der Waals surface area contributed by atoms with Gasteiger partial charge in [-0.1, -0.05) is 6.92 Å². The molecule has 88 valence electrons. The molecule has 1 N–H and O–H groups in total. The van der Waals surface area contributed by atoms with Crippen LogP contribution in [0.1, 0.15) is 26.2 Å². The van der Waals surface area contributed by atoms with E-state index in [1.165, 1.54) is 19.3 Å². The van der Waals surface area contributed by atoms with Crippen molar-refractivity contribution in [1.29, 1.82) is 0 Å². The van der Waals surface area contributed by atoms with Gasteiger partial charge in [0.2, 0.25) is 11.8 Å². The number of ether oxygens (including phenoxy) is 1. The van der Waals surface area contributed by atoms with E-state index < -0.39 is 0 Å². The molecule has 1 aromatic heterocycles. The van der Waals surface area contributed by atoms with Crippen molar-refractivity contribution in [1.82, 2.24) is 9.97 Å². The summed E-state index contributed by atoms with van der Waals surface area (Å²) in [6.45, 7) is 3.19. The van der Waals surface area contributed by atoms with E-state index in [1.54, 1.807) is 13.3 Å². The van der Waals surface area contributed by atoms with E-state index in [0.717, 1.165) is 11.0 Å². The van der Waals surface area contributed by atoms with Crippen LogP contribution in [0.5, 0.6) is 5.88 Å². The highest BCUT2D eigenvalue weighted by molar-refractivity contribution is 9.10. The molecular weight excluding hydrogens is 270 g/mol. The van der Waals surface area contributed by atoms with Crippen molar-refractivity contribution in [3.63, 3.8) is 0 Å². The second-order valence-electron chi connectivity index (χ2n) is 4.26. The number of rotatable bonds is 5. The highest BCUT2D eigenvalue weighted by Gasteiger charge is 2.40. The van der Waals surface area contributed by atoms with Gasteiger partial charge in [-0.05, 0) is 40.6 Å². The molecule has 0 spiro atoms. The third-order valence-corrected chi connectivity index (χ3v) is 3.78. The number of methoxy groups -OCH3 is 1. The van der Waals surface area contributed by atoms with Crippen LogP contribution in [-0.2, 0) is 0 Å². The van der Waals surface area contributed by atoms with Gasteiger partial charge in [-0.25, -0.2) is 4.98 Å². The SMILES string of the molecule is CCC1(CNc2ncc(Br)c(OC)n2)CC1. The Hall–Kier alpha value is -0.840. The Balaban J connectivity index is 1.99. The zero-order chi connectivity index (χ0) is 11.6. The van der Waals surface area contributed by atoms with E-state index in [0.29, 0.717) is 17.2 Å². The summed E-state index contributed by atoms with van der Waals surface area (Å²) in [4.78, 5) is 8.47. The number of anilines is 1. The lowest BCUT2D eigenvalue weighted by atomic mass is 10.0. The van der Waals surface area contributed by atoms with E-state index in [4.69, 9.17) is 4.74 Å². The van der Waals surface area contributed by atoms with Gasteiger partial charge < -0.3 is 10.1 Å². The molecule has 1 heterocycles. The number of halogens is 1. The van der Waals surface area contributed by atoms with Gasteiger partial charge in [-0.15, -0.1) is 0 Å². The van der Waals surface area contributed by atoms with Gasteiger partial charge in [-0.3, -0.25) is 0 Å². The largest absolute Gasteiger partial charge is 0.480 e. The maximum atomic E-state index is 5.12. The molecule has 1 aliphatic rings. The topological polar surface area (TPSA) is 47.0 Å². The molecule has 4 nitrogen and oxygen atoms in total. The fourth-order valence-corrected chi connectivity index (χ4v) is 2.03. The Morgan fingerprint density at radius 1 is 1.56 bits per heavy atom. The molecule has 1 saturated carbocycles. The first-order chi connectivity index (χ1) is 7.69. The number of hydrogen-bond acceptors (Lipinski definition) is 4. The fourth-order valence-electron chi connectivity index (χ4n) is 1.68. The molecule has 0 unspecified atom stereocenters. The summed E-state index contributed by atoms with van der Waals surface area (Å²) >= 11 is 3.33. The van der Waals surface area contributed by atoms with Crippen molar-refractivity contribution in [3.8, 4) is 5.88 Å². The van der Waals surface area contributed by atoms with Crippen LogP contribution in [0.25, 0.3) is 0 Å². The first-order valence-electron chi connectivity index (χ1n) is 5.49. The van der Waals surface area contributed by atoms with Crippen molar-refractivity contribution in [2.75, 3.05) is 19.0 Å². The molecule has 1 fully saturated rings. The summed E-state index contributed by atoms with van der Waals surface area (Å²) in [5, 5.41) is 3.28. The average molecular weight is 286 g/mol. The predicted molar refractivity (Wildman–Crippen MR) is 66.7 cm³/mol. The lowest BCUT2D eigenvalue weighted by molar-refractivity contribution is 0.394. The molecule has 0 atom stereocenters. The maximum absolute atomic E-state index is 5.12. The van der Waals surface area contributed by atoms with Crippen molar-refractivity contribution in [3.05, 3.63) is 10.7 Å². The molecule has 1 aliphatic carbocycles. The minimum Gasteiger partial charge on any atom is -0.480 e. The van der Waals surface area contributed by atoms with Crippen LogP contribution in [0.15, 0.2) is 10.7 Å². The van der Waals surface area contributed by atoms with Crippen LogP contribution in [0.3, 0.4) is 0 Å². The second kappa shape index (κ2) is 4.57. The number of nitrogens with zero attached hydrogens (tertiary/aromatic N) is 2. The van der Waals surface area contributed by atoms with Crippen LogP contribution in [-0.4, -0.2) is 23.6 Å². The van der Waals surface area contributed by atoms with Crippen LogP contribution >= 0.6 is 15.9 Å². The molecule has 2 rings (SSSR count). The molecule has 0 amide bonds. The Morgan fingerprint density at radius 3 is 2.88 bits per heavy atom. The maximum Gasteiger partial charge on any atom is 0.232 e. The first-order valence-corrected chi connectivity index (χ1v) is 6.29. The third kappa shape index (κ3) is 2.45. The van der Waals surface area contributed by atoms with Gasteiger partial charge in [0.1, 0.15) is 0 Å². The first kappa shape index (κ1) is 11.6. The standard InChI is InChI=1S/C11H16BrN3O/c1-3-11(4-5-11)7-14-10-13-6-8(12)9(15-10)16-2/h6H,3-5,7H2,1-2H3,(H,13,14,15). The lowest BCUT2D eigenvalue weighted by Gasteiger charge is -2.13. The average Bonchev–Trinajstić information content (AvgIpc) is 3.09. The van der Waals surface area contributed by atoms with Crippen LogP contribution < -0.4 is 10.1 Å². The summed E-state index contributed by atoms with van der Waals surface area (Å²) < 4.78 is 5.90. The van der Waals surface area contributed by atoms with E-state index in [1.807, 2.05) is 0 Å². The number of hydrogen-bond donors (Lipinski definition) is 1. The Morgan fingerprint density at radius 2 is 2.31 bits per heavy atom. The van der Waals surface area contributed by atoms with Gasteiger partial charge in [0, 0.05) is 6.54 Å². The molecule has 0 radical (unpaired) electrons. The van der Waals surface area contributed by atoms with E-state index in [9.17, 15) is 0 Å². The normalized spacial score (nSPS) is 16.9. The quantitative estimate of drug-likeness (QED) is 0.904. The zero-order valence-electron chi connectivity index (χ0n) is 9.59. The van der Waals surface area contributed by atoms with Crippen LogP contribution in [0.2, 0.25) is 0 Å². The summed E-state index contributed by atoms with van der Waals surface area (Å²) in [5.74, 6) is 1.21. The van der Waals surface area contributed by atoms with Gasteiger partial charge in [-0.2, -0.15) is 4.98 Å². The van der Waals surface area contributed by atoms with Gasteiger partial charge in [0.25, 0.3) is 0 Å². The number of nitrogens with one attached hydrogen (secondary N) is 1. The molecule has 0 bridgehead atoms. The Labute approximate surface area is 104 Å². The van der Waals surface area contributed by atoms with Crippen molar-refractivity contribution in [2.24, 2.45) is 5.41 Å². The number of aromatic nitrogens is 2. The molecule has 0 aliphatic heterocycles. The van der Waals surface area contributed by atoms with Gasteiger partial charge in [0.05, 0.1) is 17.8 Å². The molecule has 5 heteroatoms. The highest BCUT2D eigenvalue weighted by Crippen LogP contribution is 2.48. The fraction of sp³-hybridized carbons (Fsp3) is 0.636. The second-order valence-corrected chi connectivity index (χ2v) is 5.11. The van der Waals surface area contributed by atoms with Crippen LogP contribution in [0, 0.1) is 5.41 Å². The van der Waals surface area contributed by atoms with Gasteiger partial charge in [0.15, 0.2) is 0 Å². The summed E-state index contributed by atoms with van der Waals surface area (Å²) in [6.07, 6.45) is 5.54. The minimum absolute atomic E-state index is 0.490. The molecule has 0 saturated heterocycles. The van der Waals surface area contributed by atoms with E-state index >= 15 is 0 Å². The predicted octanol–water partition coefficient (Wildman–Crippen LogP) is 2.85. The summed E-state index contributed by atoms with van der Waals surface area (Å²) in [6, 6.07) is 0. The third-order valence-electron chi connectivity index (χ3n) is 3.23. The Kier molecular flexibility index (Phi) is 3.33. The van der Waals surface area contributed by atoms with Crippen molar-refractivity contribution >= 4 is 21.9 Å². The molecular formula is C11H16BrN3O. The van der Waals surface area contributed by atoms with Crippen LogP contribution in [0.4, 0.5) is 5.95 Å². The molecule has 0 aromatic carbocycles. The lowest BCUT2D eigenvalue weighted by Crippen LogP contribution is -2.16.